The molecule has 0 aliphatic heterocycles. The number of carbonyl (C=O) groups is 1. The molecule has 0 bridgehead atoms. The Morgan fingerprint density at radius 1 is 1.53 bits per heavy atom. The summed E-state index contributed by atoms with van der Waals surface area (Å²) < 4.78 is 0. The average molecular weight is 206 g/mol. The summed E-state index contributed by atoms with van der Waals surface area (Å²) in [6, 6.07) is 1.71. The van der Waals surface area contributed by atoms with Crippen molar-refractivity contribution in [3.8, 4) is 0 Å². The molecule has 0 saturated carbocycles. The monoisotopic (exact) mass is 206 g/mol. The first-order valence-corrected chi connectivity index (χ1v) is 4.79. The van der Waals surface area contributed by atoms with Crippen molar-refractivity contribution in [3.63, 3.8) is 0 Å². The highest BCUT2D eigenvalue weighted by atomic mass is 16.1. The van der Waals surface area contributed by atoms with Gasteiger partial charge in [0, 0.05) is 18.8 Å². The van der Waals surface area contributed by atoms with Gasteiger partial charge < -0.3 is 10.5 Å². The lowest BCUT2D eigenvalue weighted by Gasteiger charge is -2.07. The quantitative estimate of drug-likeness (QED) is 0.410. The summed E-state index contributed by atoms with van der Waals surface area (Å²) in [5.74, 6) is 0.398. The molecule has 0 aliphatic carbocycles. The third-order valence-corrected chi connectivity index (χ3v) is 2.04. The Hall–Kier alpha value is -1.78. The third-order valence-electron chi connectivity index (χ3n) is 2.04. The van der Waals surface area contributed by atoms with Crippen LogP contribution >= 0.6 is 0 Å². The van der Waals surface area contributed by atoms with Crippen molar-refractivity contribution in [3.05, 3.63) is 24.3 Å². The van der Waals surface area contributed by atoms with Gasteiger partial charge in [0.15, 0.2) is 0 Å². The van der Waals surface area contributed by atoms with Crippen molar-refractivity contribution in [2.75, 3.05) is 0 Å². The van der Waals surface area contributed by atoms with Gasteiger partial charge in [-0.25, -0.2) is 9.97 Å². The molecule has 5 heteroatoms. The molecule has 1 heterocycles. The summed E-state index contributed by atoms with van der Waals surface area (Å²) in [6.07, 6.45) is 5.92. The first-order chi connectivity index (χ1) is 7.24. The van der Waals surface area contributed by atoms with Gasteiger partial charge in [-0.15, -0.1) is 0 Å². The molecule has 15 heavy (non-hydrogen) atoms. The van der Waals surface area contributed by atoms with E-state index in [9.17, 15) is 4.79 Å². The molecule has 0 aliphatic rings. The van der Waals surface area contributed by atoms with Crippen LogP contribution in [-0.2, 0) is 4.79 Å². The van der Waals surface area contributed by atoms with Gasteiger partial charge in [0.1, 0.15) is 12.1 Å². The molecule has 5 nitrogen and oxygen atoms in total. The van der Waals surface area contributed by atoms with E-state index in [4.69, 9.17) is 11.1 Å². The van der Waals surface area contributed by atoms with Crippen LogP contribution in [0, 0.1) is 5.41 Å². The van der Waals surface area contributed by atoms with Crippen LogP contribution < -0.4 is 5.73 Å². The second-order valence-electron chi connectivity index (χ2n) is 3.27. The minimum atomic E-state index is -0.287. The molecule has 0 radical (unpaired) electrons. The normalized spacial score (nSPS) is 12.0. The van der Waals surface area contributed by atoms with Crippen LogP contribution in [0.2, 0.25) is 0 Å². The molecule has 0 amide bonds. The molecule has 1 rings (SSSR count). The second-order valence-corrected chi connectivity index (χ2v) is 3.27. The fraction of sp³-hybridized carbons (Fsp3) is 0.400. The van der Waals surface area contributed by atoms with Gasteiger partial charge in [0.2, 0.25) is 0 Å². The van der Waals surface area contributed by atoms with E-state index >= 15 is 0 Å². The van der Waals surface area contributed by atoms with Crippen LogP contribution in [0.1, 0.15) is 31.0 Å². The van der Waals surface area contributed by atoms with Crippen LogP contribution in [0.15, 0.2) is 18.5 Å². The highest BCUT2D eigenvalue weighted by Gasteiger charge is 2.12. The molecule has 0 saturated heterocycles. The number of nitrogens with zero attached hydrogens (tertiary/aromatic N) is 2. The molecule has 1 atom stereocenters. The number of aldehydes is 1. The predicted octanol–water partition coefficient (Wildman–Crippen LogP) is 0.865. The Morgan fingerprint density at radius 3 is 2.73 bits per heavy atom. The van der Waals surface area contributed by atoms with Crippen molar-refractivity contribution >= 4 is 12.1 Å². The van der Waals surface area contributed by atoms with E-state index in [1.165, 1.54) is 0 Å². The zero-order chi connectivity index (χ0) is 11.1. The summed E-state index contributed by atoms with van der Waals surface area (Å²) in [7, 11) is 0. The Labute approximate surface area is 88.2 Å². The molecule has 80 valence electrons. The third kappa shape index (κ3) is 3.84. The molecule has 0 aromatic carbocycles. The van der Waals surface area contributed by atoms with Crippen LogP contribution in [0.4, 0.5) is 0 Å². The molecule has 3 N–H and O–H groups in total. The SMILES string of the molecule is N=C(N)CCCC(C=O)c1ncccn1. The van der Waals surface area contributed by atoms with Gasteiger partial charge >= 0.3 is 0 Å². The maximum absolute atomic E-state index is 10.8. The zero-order valence-corrected chi connectivity index (χ0v) is 8.39. The fourth-order valence-electron chi connectivity index (χ4n) is 1.27. The molecular formula is C10H14N4O. The molecule has 0 fully saturated rings. The summed E-state index contributed by atoms with van der Waals surface area (Å²) in [6.45, 7) is 0. The molecular weight excluding hydrogens is 192 g/mol. The molecule has 1 aromatic heterocycles. The maximum atomic E-state index is 10.8. The lowest BCUT2D eigenvalue weighted by atomic mass is 10.0. The highest BCUT2D eigenvalue weighted by molar-refractivity contribution is 5.76. The van der Waals surface area contributed by atoms with Gasteiger partial charge in [-0.1, -0.05) is 0 Å². The van der Waals surface area contributed by atoms with Gasteiger partial charge in [0.25, 0.3) is 0 Å². The van der Waals surface area contributed by atoms with E-state index in [-0.39, 0.29) is 11.8 Å². The summed E-state index contributed by atoms with van der Waals surface area (Å²) >= 11 is 0. The second kappa shape index (κ2) is 5.85. The van der Waals surface area contributed by atoms with E-state index in [1.807, 2.05) is 0 Å². The van der Waals surface area contributed by atoms with Crippen molar-refractivity contribution in [1.29, 1.82) is 5.41 Å². The van der Waals surface area contributed by atoms with Crippen LogP contribution in [0.25, 0.3) is 0 Å². The summed E-state index contributed by atoms with van der Waals surface area (Å²) in [5, 5.41) is 7.06. The van der Waals surface area contributed by atoms with E-state index in [0.717, 1.165) is 6.29 Å². The van der Waals surface area contributed by atoms with Gasteiger partial charge in [0.05, 0.1) is 11.8 Å². The van der Waals surface area contributed by atoms with Crippen LogP contribution in [-0.4, -0.2) is 22.1 Å². The number of amidine groups is 1. The first-order valence-electron chi connectivity index (χ1n) is 4.79. The standard InChI is InChI=1S/C10H14N4O/c11-9(12)4-1-3-8(7-15)10-13-5-2-6-14-10/h2,5-8H,1,3-4H2,(H3,11,12). The van der Waals surface area contributed by atoms with Crippen molar-refractivity contribution in [2.24, 2.45) is 5.73 Å². The number of hydrogen-bond donors (Lipinski definition) is 2. The van der Waals surface area contributed by atoms with E-state index in [2.05, 4.69) is 9.97 Å². The van der Waals surface area contributed by atoms with E-state index in [1.54, 1.807) is 18.5 Å². The maximum Gasteiger partial charge on any atom is 0.138 e. The Bertz CT molecular complexity index is 325. The number of nitrogens with two attached hydrogens (primary N) is 1. The minimum Gasteiger partial charge on any atom is -0.388 e. The summed E-state index contributed by atoms with van der Waals surface area (Å²) in [5.41, 5.74) is 5.22. The number of aromatic nitrogens is 2. The lowest BCUT2D eigenvalue weighted by Crippen LogP contribution is -2.11. The van der Waals surface area contributed by atoms with Crippen molar-refractivity contribution in [1.82, 2.24) is 9.97 Å². The largest absolute Gasteiger partial charge is 0.388 e. The number of nitrogens with one attached hydrogen (secondary N) is 1. The Balaban J connectivity index is 2.50. The van der Waals surface area contributed by atoms with Gasteiger partial charge in [-0.2, -0.15) is 0 Å². The zero-order valence-electron chi connectivity index (χ0n) is 8.39. The minimum absolute atomic E-state index is 0.147. The number of hydrogen-bond acceptors (Lipinski definition) is 4. The fourth-order valence-corrected chi connectivity index (χ4v) is 1.27. The molecule has 1 aromatic rings. The van der Waals surface area contributed by atoms with Crippen molar-refractivity contribution in [2.45, 2.75) is 25.2 Å². The van der Waals surface area contributed by atoms with Crippen molar-refractivity contribution < 1.29 is 4.79 Å². The smallest absolute Gasteiger partial charge is 0.138 e. The van der Waals surface area contributed by atoms with Crippen LogP contribution in [0.5, 0.6) is 0 Å². The number of carbonyl (C=O) groups excluding carboxylic acids is 1. The van der Waals surface area contributed by atoms with Crippen LogP contribution in [0.3, 0.4) is 0 Å². The predicted molar refractivity (Wildman–Crippen MR) is 56.6 cm³/mol. The molecule has 0 spiro atoms. The Morgan fingerprint density at radius 2 is 2.20 bits per heavy atom. The van der Waals surface area contributed by atoms with Gasteiger partial charge in [-0.3, -0.25) is 5.41 Å². The first kappa shape index (κ1) is 11.3. The van der Waals surface area contributed by atoms with E-state index < -0.39 is 0 Å². The number of rotatable bonds is 6. The van der Waals surface area contributed by atoms with E-state index in [0.29, 0.717) is 25.1 Å². The lowest BCUT2D eigenvalue weighted by molar-refractivity contribution is -0.109. The highest BCUT2D eigenvalue weighted by Crippen LogP contribution is 2.15. The topological polar surface area (TPSA) is 92.7 Å². The Kier molecular flexibility index (Phi) is 4.40. The molecule has 1 unspecified atom stereocenters. The van der Waals surface area contributed by atoms with Gasteiger partial charge in [-0.05, 0) is 18.9 Å². The average Bonchev–Trinajstić information content (AvgIpc) is 2.25. The summed E-state index contributed by atoms with van der Waals surface area (Å²) in [4.78, 5) is 18.9.